The van der Waals surface area contributed by atoms with Gasteiger partial charge in [-0.3, -0.25) is 14.4 Å². The SMILES string of the molecule is CCOC(=O)c1c(NC(=O)CSc2cccc(NC(=O)/C(=C\c3ccc(F)cc3)NC(=O)c3ccccc3)c2)sc2c1CCC(C(C)(C)C)C2. The first-order chi connectivity index (χ1) is 23.9. The first kappa shape index (κ1) is 36.5. The number of thioether (sulfide) groups is 1. The lowest BCUT2D eigenvalue weighted by Gasteiger charge is -2.33. The van der Waals surface area contributed by atoms with Crippen molar-refractivity contribution in [2.24, 2.45) is 11.3 Å². The summed E-state index contributed by atoms with van der Waals surface area (Å²) in [5, 5.41) is 8.97. The van der Waals surface area contributed by atoms with E-state index in [2.05, 4.69) is 36.7 Å². The number of halogens is 1. The van der Waals surface area contributed by atoms with Crippen molar-refractivity contribution in [3.63, 3.8) is 0 Å². The molecule has 1 unspecified atom stereocenters. The molecule has 3 aromatic carbocycles. The lowest BCUT2D eigenvalue weighted by Crippen LogP contribution is -2.30. The molecule has 1 heterocycles. The average molecular weight is 714 g/mol. The minimum Gasteiger partial charge on any atom is -0.462 e. The summed E-state index contributed by atoms with van der Waals surface area (Å²) in [6, 6.07) is 21.0. The Morgan fingerprint density at radius 2 is 1.72 bits per heavy atom. The standard InChI is InChI=1S/C39H40FN3O5S2/c1-5-48-38(47)34-30-19-16-26(39(2,3)4)21-32(30)50-37(34)43-33(44)23-49-29-13-9-12-28(22-29)41-36(46)31(20-24-14-17-27(40)18-15-24)42-35(45)25-10-7-6-8-11-25/h6-15,17-18,20,22,26H,5,16,19,21,23H2,1-4H3,(H,41,46)(H,42,45)(H,43,44)/b31-20+. The van der Waals surface area contributed by atoms with Crippen LogP contribution in [0.25, 0.3) is 6.08 Å². The predicted octanol–water partition coefficient (Wildman–Crippen LogP) is 8.36. The number of amides is 3. The Hall–Kier alpha value is -4.74. The summed E-state index contributed by atoms with van der Waals surface area (Å²) in [6.07, 6.45) is 4.06. The van der Waals surface area contributed by atoms with Crippen LogP contribution in [0.1, 0.15) is 70.8 Å². The van der Waals surface area contributed by atoms with Crippen LogP contribution in [0.15, 0.2) is 89.5 Å². The van der Waals surface area contributed by atoms with Crippen molar-refractivity contribution in [3.8, 4) is 0 Å². The van der Waals surface area contributed by atoms with Gasteiger partial charge in [-0.1, -0.05) is 57.2 Å². The van der Waals surface area contributed by atoms with Crippen LogP contribution in [-0.4, -0.2) is 36.1 Å². The lowest BCUT2D eigenvalue weighted by molar-refractivity contribution is -0.114. The monoisotopic (exact) mass is 713 g/mol. The normalized spacial score (nSPS) is 14.3. The van der Waals surface area contributed by atoms with E-state index in [0.29, 0.717) is 33.3 Å². The van der Waals surface area contributed by atoms with Gasteiger partial charge in [0.2, 0.25) is 5.91 Å². The average Bonchev–Trinajstić information content (AvgIpc) is 3.45. The highest BCUT2D eigenvalue weighted by Gasteiger charge is 2.34. The van der Waals surface area contributed by atoms with Gasteiger partial charge in [-0.2, -0.15) is 0 Å². The number of esters is 1. The van der Waals surface area contributed by atoms with Gasteiger partial charge in [-0.25, -0.2) is 9.18 Å². The molecule has 1 aliphatic rings. The fraction of sp³-hybridized carbons (Fsp3) is 0.282. The molecule has 0 aliphatic heterocycles. The van der Waals surface area contributed by atoms with Crippen molar-refractivity contribution < 1.29 is 28.3 Å². The molecule has 3 amide bonds. The van der Waals surface area contributed by atoms with Crippen LogP contribution in [0.4, 0.5) is 15.1 Å². The van der Waals surface area contributed by atoms with Crippen LogP contribution in [0, 0.1) is 17.2 Å². The molecule has 1 atom stereocenters. The molecule has 5 rings (SSSR count). The van der Waals surface area contributed by atoms with E-state index in [1.165, 1.54) is 53.4 Å². The summed E-state index contributed by atoms with van der Waals surface area (Å²) < 4.78 is 18.9. The zero-order valence-corrected chi connectivity index (χ0v) is 30.1. The number of hydrogen-bond donors (Lipinski definition) is 3. The zero-order valence-electron chi connectivity index (χ0n) is 28.4. The van der Waals surface area contributed by atoms with Crippen molar-refractivity contribution in [3.05, 3.63) is 118 Å². The first-order valence-corrected chi connectivity index (χ1v) is 18.2. The molecule has 0 radical (unpaired) electrons. The fourth-order valence-electron chi connectivity index (χ4n) is 5.67. The third-order valence-electron chi connectivity index (χ3n) is 8.39. The van der Waals surface area contributed by atoms with Crippen LogP contribution >= 0.6 is 23.1 Å². The van der Waals surface area contributed by atoms with Gasteiger partial charge in [0, 0.05) is 21.0 Å². The second-order valence-corrected chi connectivity index (χ2v) is 15.1. The van der Waals surface area contributed by atoms with Crippen molar-refractivity contribution >= 4 is 63.6 Å². The van der Waals surface area contributed by atoms with E-state index < -0.39 is 23.6 Å². The second kappa shape index (κ2) is 16.3. The maximum absolute atomic E-state index is 13.5. The summed E-state index contributed by atoms with van der Waals surface area (Å²) in [7, 11) is 0. The summed E-state index contributed by atoms with van der Waals surface area (Å²) in [6.45, 7) is 8.71. The largest absolute Gasteiger partial charge is 0.462 e. The molecule has 1 aromatic heterocycles. The molecule has 0 bridgehead atoms. The topological polar surface area (TPSA) is 114 Å². The number of fused-ring (bicyclic) bond motifs is 1. The Balaban J connectivity index is 1.27. The molecule has 50 heavy (non-hydrogen) atoms. The minimum absolute atomic E-state index is 0.0345. The van der Waals surface area contributed by atoms with Crippen molar-refractivity contribution in [1.82, 2.24) is 5.32 Å². The maximum atomic E-state index is 13.5. The van der Waals surface area contributed by atoms with Crippen molar-refractivity contribution in [2.45, 2.75) is 51.9 Å². The van der Waals surface area contributed by atoms with E-state index in [-0.39, 0.29) is 29.4 Å². The number of anilines is 2. The van der Waals surface area contributed by atoms with Crippen LogP contribution in [0.3, 0.4) is 0 Å². The number of ether oxygens (including phenoxy) is 1. The summed E-state index contributed by atoms with van der Waals surface area (Å²) >= 11 is 2.74. The summed E-state index contributed by atoms with van der Waals surface area (Å²) in [5.74, 6) is -1.63. The van der Waals surface area contributed by atoms with Crippen molar-refractivity contribution in [1.29, 1.82) is 0 Å². The zero-order chi connectivity index (χ0) is 35.8. The molecule has 1 aliphatic carbocycles. The van der Waals surface area contributed by atoms with Gasteiger partial charge in [0.05, 0.1) is 17.9 Å². The third-order valence-corrected chi connectivity index (χ3v) is 10.6. The Labute approximate surface area is 299 Å². The molecule has 0 spiro atoms. The first-order valence-electron chi connectivity index (χ1n) is 16.4. The molecule has 3 N–H and O–H groups in total. The Bertz CT molecular complexity index is 1900. The number of carbonyl (C=O) groups is 4. The lowest BCUT2D eigenvalue weighted by atomic mass is 9.72. The molecule has 0 saturated carbocycles. The fourth-order valence-corrected chi connectivity index (χ4v) is 7.76. The van der Waals surface area contributed by atoms with Crippen LogP contribution in [0.5, 0.6) is 0 Å². The number of rotatable bonds is 11. The number of hydrogen-bond acceptors (Lipinski definition) is 7. The Kier molecular flexibility index (Phi) is 11.9. The molecular weight excluding hydrogens is 674 g/mol. The second-order valence-electron chi connectivity index (χ2n) is 13.0. The van der Waals surface area contributed by atoms with E-state index in [9.17, 15) is 23.6 Å². The Morgan fingerprint density at radius 3 is 2.42 bits per heavy atom. The molecule has 4 aromatic rings. The van der Waals surface area contributed by atoms with Crippen LogP contribution < -0.4 is 16.0 Å². The number of thiophene rings is 1. The molecule has 11 heteroatoms. The van der Waals surface area contributed by atoms with Gasteiger partial charge < -0.3 is 20.7 Å². The highest BCUT2D eigenvalue weighted by molar-refractivity contribution is 8.00. The molecule has 8 nitrogen and oxygen atoms in total. The van der Waals surface area contributed by atoms with E-state index >= 15 is 0 Å². The smallest absolute Gasteiger partial charge is 0.341 e. The van der Waals surface area contributed by atoms with Crippen molar-refractivity contribution in [2.75, 3.05) is 23.0 Å². The number of nitrogens with one attached hydrogen (secondary N) is 3. The third kappa shape index (κ3) is 9.48. The summed E-state index contributed by atoms with van der Waals surface area (Å²) in [4.78, 5) is 54.4. The van der Waals surface area contributed by atoms with Crippen LogP contribution in [0.2, 0.25) is 0 Å². The molecule has 260 valence electrons. The van der Waals surface area contributed by atoms with Gasteiger partial charge >= 0.3 is 5.97 Å². The predicted molar refractivity (Wildman–Crippen MR) is 198 cm³/mol. The minimum atomic E-state index is -0.583. The molecular formula is C39H40FN3O5S2. The molecule has 0 fully saturated rings. The maximum Gasteiger partial charge on any atom is 0.341 e. The van der Waals surface area contributed by atoms with Crippen LogP contribution in [-0.2, 0) is 27.2 Å². The van der Waals surface area contributed by atoms with Gasteiger partial charge in [-0.15, -0.1) is 23.1 Å². The van der Waals surface area contributed by atoms with E-state index in [4.69, 9.17) is 4.74 Å². The highest BCUT2D eigenvalue weighted by atomic mass is 32.2. The van der Waals surface area contributed by atoms with Gasteiger partial charge in [0.1, 0.15) is 16.5 Å². The van der Waals surface area contributed by atoms with Gasteiger partial charge in [-0.05, 0) is 97.2 Å². The quantitative estimate of drug-likeness (QED) is 0.0818. The molecule has 0 saturated heterocycles. The number of carbonyl (C=O) groups excluding carboxylic acids is 4. The van der Waals surface area contributed by atoms with E-state index in [0.717, 1.165) is 34.6 Å². The van der Waals surface area contributed by atoms with E-state index in [1.54, 1.807) is 55.5 Å². The van der Waals surface area contributed by atoms with E-state index in [1.807, 2.05) is 6.07 Å². The Morgan fingerprint density at radius 1 is 0.980 bits per heavy atom. The highest BCUT2D eigenvalue weighted by Crippen LogP contribution is 2.44. The number of benzene rings is 3. The summed E-state index contributed by atoms with van der Waals surface area (Å²) in [5.41, 5.74) is 2.88. The van der Waals surface area contributed by atoms with Gasteiger partial charge in [0.15, 0.2) is 0 Å². The van der Waals surface area contributed by atoms with Gasteiger partial charge in [0.25, 0.3) is 11.8 Å².